The quantitative estimate of drug-likeness (QED) is 0.599. The van der Waals surface area contributed by atoms with Crippen LogP contribution in [0.15, 0.2) is 10.9 Å². The zero-order valence-electron chi connectivity index (χ0n) is 18.7. The van der Waals surface area contributed by atoms with Crippen molar-refractivity contribution in [2.24, 2.45) is 11.8 Å². The summed E-state index contributed by atoms with van der Waals surface area (Å²) in [7, 11) is 0. The van der Waals surface area contributed by atoms with Gasteiger partial charge in [0.2, 0.25) is 5.88 Å². The molecule has 2 aliphatic heterocycles. The topological polar surface area (TPSA) is 133 Å². The maximum absolute atomic E-state index is 13.3. The lowest BCUT2D eigenvalue weighted by Crippen LogP contribution is -2.35. The molecule has 0 spiro atoms. The van der Waals surface area contributed by atoms with E-state index in [4.69, 9.17) is 15.2 Å². The molecule has 3 fully saturated rings. The van der Waals surface area contributed by atoms with Gasteiger partial charge in [0, 0.05) is 39.0 Å². The highest BCUT2D eigenvalue weighted by Gasteiger charge is 2.31. The minimum atomic E-state index is -0.665. The zero-order valence-corrected chi connectivity index (χ0v) is 18.7. The molecule has 1 saturated carbocycles. The molecule has 1 amide bonds. The second kappa shape index (κ2) is 9.18. The molecule has 0 unspecified atom stereocenters. The second-order valence-corrected chi connectivity index (χ2v) is 9.26. The van der Waals surface area contributed by atoms with Crippen molar-refractivity contribution in [3.05, 3.63) is 27.6 Å². The number of aromatic nitrogens is 3. The summed E-state index contributed by atoms with van der Waals surface area (Å²) in [5, 5.41) is 18.3. The number of amides is 1. The number of carbonyl (C=O) groups is 1. The zero-order chi connectivity index (χ0) is 22.9. The van der Waals surface area contributed by atoms with E-state index >= 15 is 0 Å². The van der Waals surface area contributed by atoms with Gasteiger partial charge in [0.1, 0.15) is 0 Å². The van der Waals surface area contributed by atoms with Crippen LogP contribution >= 0.6 is 0 Å². The summed E-state index contributed by atoms with van der Waals surface area (Å²) in [6, 6.07) is 0.0524. The third-order valence-electron chi connectivity index (χ3n) is 6.79. The number of allylic oxidation sites excluding steroid dienone is 1. The van der Waals surface area contributed by atoms with E-state index in [1.54, 1.807) is 4.57 Å². The van der Waals surface area contributed by atoms with Crippen molar-refractivity contribution in [1.29, 1.82) is 0 Å². The van der Waals surface area contributed by atoms with Gasteiger partial charge >= 0.3 is 0 Å². The summed E-state index contributed by atoms with van der Waals surface area (Å²) in [5.74, 6) is -0.135. The third kappa shape index (κ3) is 4.49. The van der Waals surface area contributed by atoms with E-state index in [9.17, 15) is 14.7 Å². The number of hydrogen-bond donors (Lipinski definition) is 3. The molecule has 10 heteroatoms. The molecule has 0 bridgehead atoms. The molecule has 2 saturated heterocycles. The first-order valence-electron chi connectivity index (χ1n) is 11.8. The predicted molar refractivity (Wildman–Crippen MR) is 122 cm³/mol. The molecule has 2 aromatic heterocycles. The van der Waals surface area contributed by atoms with Crippen LogP contribution in [0.5, 0.6) is 5.88 Å². The van der Waals surface area contributed by atoms with Crippen molar-refractivity contribution >= 4 is 23.4 Å². The molecule has 0 aromatic carbocycles. The average molecular weight is 458 g/mol. The molecule has 0 atom stereocenters. The first-order chi connectivity index (χ1) is 16.0. The van der Waals surface area contributed by atoms with E-state index in [1.807, 2.05) is 6.08 Å². The van der Waals surface area contributed by atoms with E-state index in [0.29, 0.717) is 50.1 Å². The maximum atomic E-state index is 13.3. The molecule has 4 heterocycles. The van der Waals surface area contributed by atoms with Gasteiger partial charge in [-0.2, -0.15) is 4.52 Å². The fourth-order valence-corrected chi connectivity index (χ4v) is 4.62. The normalized spacial score (nSPS) is 20.6. The molecule has 178 valence electrons. The van der Waals surface area contributed by atoms with Crippen molar-refractivity contribution in [2.45, 2.75) is 51.1 Å². The number of fused-ring (bicyclic) bond motifs is 1. The Morgan fingerprint density at radius 1 is 1.12 bits per heavy atom. The number of aromatic hydroxyl groups is 1. The van der Waals surface area contributed by atoms with E-state index in [1.165, 1.54) is 4.52 Å². The molecule has 1 aliphatic carbocycles. The lowest BCUT2D eigenvalue weighted by molar-refractivity contribution is 0.0607. The maximum Gasteiger partial charge on any atom is 0.291 e. The van der Waals surface area contributed by atoms with Crippen LogP contribution < -0.4 is 16.6 Å². The highest BCUT2D eigenvalue weighted by Crippen LogP contribution is 2.29. The van der Waals surface area contributed by atoms with Crippen LogP contribution in [0.1, 0.15) is 54.4 Å². The fourth-order valence-electron chi connectivity index (χ4n) is 4.62. The molecular formula is C23H31N5O5. The van der Waals surface area contributed by atoms with Crippen molar-refractivity contribution in [3.63, 3.8) is 0 Å². The number of nitrogen functional groups attached to an aromatic ring is 1. The average Bonchev–Trinajstić information content (AvgIpc) is 3.57. The molecule has 0 radical (unpaired) electrons. The van der Waals surface area contributed by atoms with Gasteiger partial charge in [-0.15, -0.1) is 5.10 Å². The van der Waals surface area contributed by atoms with Crippen LogP contribution in [0.3, 0.4) is 0 Å². The largest absolute Gasteiger partial charge is 0.494 e. The summed E-state index contributed by atoms with van der Waals surface area (Å²) in [4.78, 5) is 26.1. The van der Waals surface area contributed by atoms with E-state index in [0.717, 1.165) is 38.5 Å². The van der Waals surface area contributed by atoms with Gasteiger partial charge in [-0.1, -0.05) is 12.2 Å². The Morgan fingerprint density at radius 2 is 1.79 bits per heavy atom. The summed E-state index contributed by atoms with van der Waals surface area (Å²) in [6.45, 7) is 3.16. The summed E-state index contributed by atoms with van der Waals surface area (Å²) in [5.41, 5.74) is 6.28. The lowest BCUT2D eigenvalue weighted by atomic mass is 9.99. The van der Waals surface area contributed by atoms with Crippen LogP contribution in [0.4, 0.5) is 5.82 Å². The number of carbonyl (C=O) groups excluding carboxylic acids is 1. The Hall–Kier alpha value is -2.85. The lowest BCUT2D eigenvalue weighted by Gasteiger charge is -2.25. The summed E-state index contributed by atoms with van der Waals surface area (Å²) >= 11 is 0. The Labute approximate surface area is 191 Å². The SMILES string of the molecule is Nc1nn2c(=O)c(C(=O)NC3CC3)c(O)n(CC3CCOCC3)c2c1C=CC1CCOCC1. The minimum Gasteiger partial charge on any atom is -0.494 e. The van der Waals surface area contributed by atoms with E-state index in [2.05, 4.69) is 16.5 Å². The molecule has 2 aromatic rings. The van der Waals surface area contributed by atoms with Gasteiger partial charge in [-0.3, -0.25) is 14.2 Å². The summed E-state index contributed by atoms with van der Waals surface area (Å²) in [6.07, 6.45) is 9.21. The van der Waals surface area contributed by atoms with E-state index in [-0.39, 0.29) is 29.2 Å². The van der Waals surface area contributed by atoms with Gasteiger partial charge < -0.3 is 25.6 Å². The highest BCUT2D eigenvalue weighted by atomic mass is 16.5. The molecular weight excluding hydrogens is 426 g/mol. The monoisotopic (exact) mass is 457 g/mol. The molecule has 3 aliphatic rings. The molecule has 33 heavy (non-hydrogen) atoms. The fraction of sp³-hybridized carbons (Fsp3) is 0.609. The number of ether oxygens (including phenoxy) is 2. The van der Waals surface area contributed by atoms with Crippen molar-refractivity contribution in [1.82, 2.24) is 19.5 Å². The smallest absolute Gasteiger partial charge is 0.291 e. The van der Waals surface area contributed by atoms with Crippen LogP contribution in [-0.2, 0) is 16.0 Å². The van der Waals surface area contributed by atoms with Gasteiger partial charge in [-0.05, 0) is 50.4 Å². The minimum absolute atomic E-state index is 0.0524. The molecule has 4 N–H and O–H groups in total. The van der Waals surface area contributed by atoms with Crippen LogP contribution in [0.2, 0.25) is 0 Å². The summed E-state index contributed by atoms with van der Waals surface area (Å²) < 4.78 is 13.7. The predicted octanol–water partition coefficient (Wildman–Crippen LogP) is 1.54. The molecule has 5 rings (SSSR count). The Morgan fingerprint density at radius 3 is 2.45 bits per heavy atom. The number of nitrogens with one attached hydrogen (secondary N) is 1. The third-order valence-corrected chi connectivity index (χ3v) is 6.79. The van der Waals surface area contributed by atoms with Gasteiger partial charge in [-0.25, -0.2) is 0 Å². The van der Waals surface area contributed by atoms with Gasteiger partial charge in [0.25, 0.3) is 11.5 Å². The number of rotatable bonds is 6. The standard InChI is InChI=1S/C23H31N5O5/c24-19-17(4-1-14-5-9-32-10-6-14)21-27(13-15-7-11-33-12-8-15)22(30)18(23(31)28(21)26-19)20(29)25-16-2-3-16/h1,4,14-16,30H,2-3,5-13H2,(H2,24,26)(H,25,29). The Bertz CT molecular complexity index is 1120. The first-order valence-corrected chi connectivity index (χ1v) is 11.8. The Kier molecular flexibility index (Phi) is 6.11. The van der Waals surface area contributed by atoms with Crippen LogP contribution in [0.25, 0.3) is 11.7 Å². The van der Waals surface area contributed by atoms with E-state index < -0.39 is 11.5 Å². The number of anilines is 1. The Balaban J connectivity index is 1.61. The van der Waals surface area contributed by atoms with Crippen molar-refractivity contribution in [3.8, 4) is 5.88 Å². The first kappa shape index (κ1) is 22.0. The van der Waals surface area contributed by atoms with Crippen molar-refractivity contribution < 1.29 is 19.4 Å². The number of nitrogens with two attached hydrogens (primary N) is 1. The second-order valence-electron chi connectivity index (χ2n) is 9.26. The molecule has 10 nitrogen and oxygen atoms in total. The van der Waals surface area contributed by atoms with Gasteiger partial charge in [0.05, 0.1) is 5.56 Å². The highest BCUT2D eigenvalue weighted by molar-refractivity contribution is 5.97. The number of nitrogens with zero attached hydrogens (tertiary/aromatic N) is 3. The van der Waals surface area contributed by atoms with Crippen LogP contribution in [-0.4, -0.2) is 57.7 Å². The van der Waals surface area contributed by atoms with Gasteiger partial charge in [0.15, 0.2) is 17.0 Å². The number of hydrogen-bond acceptors (Lipinski definition) is 7. The van der Waals surface area contributed by atoms with Crippen LogP contribution in [0, 0.1) is 11.8 Å². The van der Waals surface area contributed by atoms with Crippen molar-refractivity contribution in [2.75, 3.05) is 32.2 Å².